The lowest BCUT2D eigenvalue weighted by atomic mass is 10.2. The summed E-state index contributed by atoms with van der Waals surface area (Å²) in [5, 5.41) is 8.79. The molecule has 0 aliphatic rings. The quantitative estimate of drug-likeness (QED) is 0.498. The summed E-state index contributed by atoms with van der Waals surface area (Å²) in [4.78, 5) is 13.4. The van der Waals surface area contributed by atoms with Gasteiger partial charge in [-0.05, 0) is 29.8 Å². The Hall–Kier alpha value is -2.02. The summed E-state index contributed by atoms with van der Waals surface area (Å²) in [6.45, 7) is 0. The normalized spacial score (nSPS) is 12.2. The van der Waals surface area contributed by atoms with Gasteiger partial charge in [0.25, 0.3) is 5.56 Å². The minimum absolute atomic E-state index is 0.148. The van der Waals surface area contributed by atoms with Crippen molar-refractivity contribution in [2.45, 2.75) is 0 Å². The van der Waals surface area contributed by atoms with Crippen LogP contribution in [0.15, 0.2) is 57.8 Å². The summed E-state index contributed by atoms with van der Waals surface area (Å²) < 4.78 is 3.04. The molecule has 0 fully saturated rings. The first-order chi connectivity index (χ1) is 11.6. The summed E-state index contributed by atoms with van der Waals surface area (Å²) in [7, 11) is 0. The highest BCUT2D eigenvalue weighted by atomic mass is 79.9. The number of nitrogens with zero attached hydrogens (tertiary/aromatic N) is 3. The van der Waals surface area contributed by atoms with E-state index in [2.05, 4.69) is 26.1 Å². The van der Waals surface area contributed by atoms with Crippen molar-refractivity contribution in [1.29, 1.82) is 0 Å². The molecule has 118 valence electrons. The van der Waals surface area contributed by atoms with Crippen molar-refractivity contribution >= 4 is 49.9 Å². The Morgan fingerprint density at radius 1 is 1.08 bits per heavy atom. The van der Waals surface area contributed by atoms with Crippen LogP contribution in [0.1, 0.15) is 5.56 Å². The molecule has 0 bridgehead atoms. The number of halogens is 2. The monoisotopic (exact) mass is 417 g/mol. The van der Waals surface area contributed by atoms with Gasteiger partial charge >= 0.3 is 0 Å². The first-order valence-corrected chi connectivity index (χ1v) is 9.03. The summed E-state index contributed by atoms with van der Waals surface area (Å²) >= 11 is 11.0. The van der Waals surface area contributed by atoms with Crippen molar-refractivity contribution in [1.82, 2.24) is 14.6 Å². The van der Waals surface area contributed by atoms with Crippen molar-refractivity contribution in [2.24, 2.45) is 0 Å². The molecule has 7 heteroatoms. The zero-order chi connectivity index (χ0) is 16.7. The molecule has 0 atom stereocenters. The Labute approximate surface area is 154 Å². The minimum atomic E-state index is -0.148. The summed E-state index contributed by atoms with van der Waals surface area (Å²) in [5.74, 6) is 0.462. The summed E-state index contributed by atoms with van der Waals surface area (Å²) in [5.41, 5.74) is 1.48. The van der Waals surface area contributed by atoms with E-state index in [1.54, 1.807) is 6.07 Å². The molecule has 0 unspecified atom stereocenters. The Morgan fingerprint density at radius 2 is 1.83 bits per heavy atom. The number of aromatic nitrogens is 3. The lowest BCUT2D eigenvalue weighted by Gasteiger charge is -1.99. The second-order valence-corrected chi connectivity index (χ2v) is 7.33. The van der Waals surface area contributed by atoms with Crippen LogP contribution in [0.4, 0.5) is 0 Å². The fourth-order valence-electron chi connectivity index (χ4n) is 2.41. The first kappa shape index (κ1) is 15.5. The van der Waals surface area contributed by atoms with E-state index in [1.807, 2.05) is 48.5 Å². The molecule has 4 rings (SSSR count). The average molecular weight is 419 g/mol. The second-order valence-electron chi connectivity index (χ2n) is 5.06. The highest BCUT2D eigenvalue weighted by Crippen LogP contribution is 2.26. The van der Waals surface area contributed by atoms with Crippen LogP contribution in [0.3, 0.4) is 0 Å². The fraction of sp³-hybridized carbons (Fsp3) is 0. The van der Waals surface area contributed by atoms with E-state index in [0.29, 0.717) is 25.9 Å². The van der Waals surface area contributed by atoms with E-state index in [9.17, 15) is 4.79 Å². The smallest absolute Gasteiger partial charge is 0.267 e. The largest absolute Gasteiger partial charge is 0.276 e. The number of fused-ring (bicyclic) bond motifs is 1. The lowest BCUT2D eigenvalue weighted by molar-refractivity contribution is 1.09. The molecule has 0 aliphatic heterocycles. The third-order valence-electron chi connectivity index (χ3n) is 3.56. The van der Waals surface area contributed by atoms with E-state index in [-0.39, 0.29) is 5.56 Å². The van der Waals surface area contributed by atoms with Gasteiger partial charge in [-0.25, -0.2) is 4.40 Å². The van der Waals surface area contributed by atoms with Crippen LogP contribution in [0.2, 0.25) is 5.02 Å². The molecule has 0 radical (unpaired) electrons. The first-order valence-electron chi connectivity index (χ1n) is 7.04. The van der Waals surface area contributed by atoms with Gasteiger partial charge in [0.1, 0.15) is 0 Å². The van der Waals surface area contributed by atoms with Gasteiger partial charge in [0.05, 0.1) is 9.55 Å². The molecule has 2 heterocycles. The third-order valence-corrected chi connectivity index (χ3v) is 5.57. The molecule has 0 saturated carbocycles. The topological polar surface area (TPSA) is 47.3 Å². The molecule has 4 aromatic rings. The predicted octanol–water partition coefficient (Wildman–Crippen LogP) is 3.78. The lowest BCUT2D eigenvalue weighted by Crippen LogP contribution is -2.23. The Balaban J connectivity index is 1.97. The van der Waals surface area contributed by atoms with Crippen molar-refractivity contribution in [3.8, 4) is 11.4 Å². The highest BCUT2D eigenvalue weighted by molar-refractivity contribution is 9.10. The van der Waals surface area contributed by atoms with Crippen LogP contribution >= 0.6 is 38.9 Å². The number of thiazole rings is 1. The maximum atomic E-state index is 12.8. The number of rotatable bonds is 2. The van der Waals surface area contributed by atoms with Gasteiger partial charge < -0.3 is 0 Å². The molecule has 4 nitrogen and oxygen atoms in total. The average Bonchev–Trinajstić information content (AvgIpc) is 3.11. The molecule has 0 saturated heterocycles. The molecule has 0 spiro atoms. The fourth-order valence-corrected chi connectivity index (χ4v) is 3.94. The van der Waals surface area contributed by atoms with E-state index in [0.717, 1.165) is 10.0 Å². The van der Waals surface area contributed by atoms with Crippen LogP contribution in [0.5, 0.6) is 0 Å². The summed E-state index contributed by atoms with van der Waals surface area (Å²) in [6, 6.07) is 15.0. The van der Waals surface area contributed by atoms with Crippen LogP contribution in [0.25, 0.3) is 22.4 Å². The van der Waals surface area contributed by atoms with E-state index in [4.69, 9.17) is 11.6 Å². The maximum absolute atomic E-state index is 12.8. The maximum Gasteiger partial charge on any atom is 0.276 e. The van der Waals surface area contributed by atoms with Gasteiger partial charge in [-0.3, -0.25) is 4.79 Å². The Kier molecular flexibility index (Phi) is 3.96. The van der Waals surface area contributed by atoms with E-state index >= 15 is 0 Å². The van der Waals surface area contributed by atoms with Crippen LogP contribution in [-0.2, 0) is 0 Å². The zero-order valence-corrected chi connectivity index (χ0v) is 15.3. The van der Waals surface area contributed by atoms with E-state index in [1.165, 1.54) is 15.7 Å². The number of benzene rings is 2. The molecule has 0 aliphatic carbocycles. The van der Waals surface area contributed by atoms with Gasteiger partial charge in [0.15, 0.2) is 5.82 Å². The molecule has 0 amide bonds. The second kappa shape index (κ2) is 6.12. The molecule has 0 N–H and O–H groups in total. The SMILES string of the molecule is O=c1/c(=C/c2ccccc2Br)sc2nnc(-c3ccccc3Cl)n12. The van der Waals surface area contributed by atoms with Crippen LogP contribution in [0, 0.1) is 0 Å². The standard InChI is InChI=1S/C17H9BrClN3OS/c18-12-7-3-1-5-10(12)9-14-16(23)22-15(20-21-17(22)24-14)11-6-2-4-8-13(11)19/h1-9H/b14-9-. The number of hydrogen-bond donors (Lipinski definition) is 0. The molecular weight excluding hydrogens is 410 g/mol. The Morgan fingerprint density at radius 3 is 2.62 bits per heavy atom. The molecule has 2 aromatic heterocycles. The van der Waals surface area contributed by atoms with Crippen molar-refractivity contribution in [3.05, 3.63) is 78.5 Å². The van der Waals surface area contributed by atoms with Crippen LogP contribution in [-0.4, -0.2) is 14.6 Å². The van der Waals surface area contributed by atoms with Gasteiger partial charge in [-0.15, -0.1) is 10.2 Å². The molecule has 2 aromatic carbocycles. The highest BCUT2D eigenvalue weighted by Gasteiger charge is 2.16. The van der Waals surface area contributed by atoms with Crippen molar-refractivity contribution < 1.29 is 0 Å². The van der Waals surface area contributed by atoms with Crippen molar-refractivity contribution in [3.63, 3.8) is 0 Å². The molecular formula is C17H9BrClN3OS. The van der Waals surface area contributed by atoms with Crippen molar-refractivity contribution in [2.75, 3.05) is 0 Å². The van der Waals surface area contributed by atoms with Gasteiger partial charge in [-0.2, -0.15) is 0 Å². The van der Waals surface area contributed by atoms with Crippen LogP contribution < -0.4 is 10.1 Å². The van der Waals surface area contributed by atoms with Gasteiger partial charge in [0.2, 0.25) is 4.96 Å². The summed E-state index contributed by atoms with van der Waals surface area (Å²) in [6.07, 6.45) is 1.85. The number of hydrogen-bond acceptors (Lipinski definition) is 4. The Bertz CT molecular complexity index is 1170. The van der Waals surface area contributed by atoms with Gasteiger partial charge in [-0.1, -0.05) is 69.2 Å². The van der Waals surface area contributed by atoms with Gasteiger partial charge in [0, 0.05) is 10.0 Å². The van der Waals surface area contributed by atoms with E-state index < -0.39 is 0 Å². The predicted molar refractivity (Wildman–Crippen MR) is 101 cm³/mol. The molecule has 24 heavy (non-hydrogen) atoms. The zero-order valence-electron chi connectivity index (χ0n) is 12.1. The minimum Gasteiger partial charge on any atom is -0.267 e. The third kappa shape index (κ3) is 2.56.